The Kier molecular flexibility index (Phi) is 2.84. The molecule has 1 aliphatic rings. The van der Waals surface area contributed by atoms with Gasteiger partial charge in [-0.2, -0.15) is 0 Å². The van der Waals surface area contributed by atoms with Gasteiger partial charge in [0.25, 0.3) is 0 Å². The lowest BCUT2D eigenvalue weighted by Gasteiger charge is -2.26. The molecule has 1 aliphatic carbocycles. The molecule has 1 heterocycles. The summed E-state index contributed by atoms with van der Waals surface area (Å²) in [6.07, 6.45) is 4.64. The van der Waals surface area contributed by atoms with Crippen LogP contribution < -0.4 is 5.73 Å². The van der Waals surface area contributed by atoms with Crippen LogP contribution in [0.1, 0.15) is 36.6 Å². The maximum atomic E-state index is 13.1. The van der Waals surface area contributed by atoms with E-state index in [2.05, 4.69) is 4.98 Å². The number of benzene rings is 1. The van der Waals surface area contributed by atoms with E-state index in [0.717, 1.165) is 28.1 Å². The molecule has 0 amide bonds. The summed E-state index contributed by atoms with van der Waals surface area (Å²) < 4.78 is 14.0. The second-order valence-electron chi connectivity index (χ2n) is 4.72. The molecule has 17 heavy (non-hydrogen) atoms. The van der Waals surface area contributed by atoms with E-state index in [-0.39, 0.29) is 11.9 Å². The lowest BCUT2D eigenvalue weighted by atomic mass is 9.85. The average Bonchev–Trinajstić information content (AvgIpc) is 2.72. The normalized spacial score (nSPS) is 25.3. The Hall–Kier alpha value is -1.000. The Morgan fingerprint density at radius 1 is 1.29 bits per heavy atom. The minimum Gasteiger partial charge on any atom is -0.327 e. The third-order valence-corrected chi connectivity index (χ3v) is 4.65. The van der Waals surface area contributed by atoms with Crippen molar-refractivity contribution in [2.45, 2.75) is 37.6 Å². The highest BCUT2D eigenvalue weighted by atomic mass is 32.1. The van der Waals surface area contributed by atoms with Gasteiger partial charge in [0.15, 0.2) is 0 Å². The first-order valence-corrected chi connectivity index (χ1v) is 6.87. The highest BCUT2D eigenvalue weighted by Gasteiger charge is 2.26. The number of rotatable bonds is 1. The van der Waals surface area contributed by atoms with Crippen LogP contribution in [0.15, 0.2) is 18.2 Å². The molecule has 2 atom stereocenters. The van der Waals surface area contributed by atoms with Crippen LogP contribution in [0.2, 0.25) is 0 Å². The maximum Gasteiger partial charge on any atom is 0.124 e. The average molecular weight is 250 g/mol. The Morgan fingerprint density at radius 3 is 2.94 bits per heavy atom. The van der Waals surface area contributed by atoms with Crippen LogP contribution in [0.3, 0.4) is 0 Å². The predicted molar refractivity (Wildman–Crippen MR) is 68.8 cm³/mol. The molecule has 0 spiro atoms. The summed E-state index contributed by atoms with van der Waals surface area (Å²) in [5.74, 6) is 0.171. The monoisotopic (exact) mass is 250 g/mol. The lowest BCUT2D eigenvalue weighted by Crippen LogP contribution is -2.31. The molecule has 3 rings (SSSR count). The molecule has 1 saturated carbocycles. The molecule has 0 saturated heterocycles. The molecule has 1 fully saturated rings. The van der Waals surface area contributed by atoms with E-state index in [1.165, 1.54) is 18.9 Å². The third kappa shape index (κ3) is 2.07. The Morgan fingerprint density at radius 2 is 2.12 bits per heavy atom. The second kappa shape index (κ2) is 4.35. The van der Waals surface area contributed by atoms with Gasteiger partial charge < -0.3 is 5.73 Å². The van der Waals surface area contributed by atoms with Gasteiger partial charge in [0, 0.05) is 12.0 Å². The molecule has 2 N–H and O–H groups in total. The molecule has 0 bridgehead atoms. The minimum atomic E-state index is -0.194. The van der Waals surface area contributed by atoms with E-state index in [0.29, 0.717) is 5.92 Å². The van der Waals surface area contributed by atoms with Crippen LogP contribution in [-0.4, -0.2) is 11.0 Å². The van der Waals surface area contributed by atoms with Gasteiger partial charge in [-0.3, -0.25) is 0 Å². The van der Waals surface area contributed by atoms with Crippen LogP contribution in [-0.2, 0) is 0 Å². The van der Waals surface area contributed by atoms with Crippen molar-refractivity contribution in [3.05, 3.63) is 29.0 Å². The highest BCUT2D eigenvalue weighted by molar-refractivity contribution is 7.18. The van der Waals surface area contributed by atoms with Gasteiger partial charge in [-0.25, -0.2) is 9.37 Å². The first-order valence-electron chi connectivity index (χ1n) is 6.05. The number of nitrogens with zero attached hydrogens (tertiary/aromatic N) is 1. The molecule has 4 heteroatoms. The standard InChI is InChI=1S/C13H15FN2S/c14-8-5-6-11-12(7-8)17-13(16-11)9-3-1-2-4-10(9)15/h5-7,9-10H,1-4,15H2. The van der Waals surface area contributed by atoms with Crippen molar-refractivity contribution in [3.8, 4) is 0 Å². The first kappa shape index (κ1) is 11.1. The lowest BCUT2D eigenvalue weighted by molar-refractivity contribution is 0.385. The van der Waals surface area contributed by atoms with Crippen LogP contribution in [0.5, 0.6) is 0 Å². The van der Waals surface area contributed by atoms with E-state index in [9.17, 15) is 4.39 Å². The largest absolute Gasteiger partial charge is 0.327 e. The van der Waals surface area contributed by atoms with Crippen molar-refractivity contribution >= 4 is 21.6 Å². The van der Waals surface area contributed by atoms with Gasteiger partial charge in [0.1, 0.15) is 5.82 Å². The van der Waals surface area contributed by atoms with Crippen molar-refractivity contribution < 1.29 is 4.39 Å². The fourth-order valence-corrected chi connectivity index (χ4v) is 3.74. The SMILES string of the molecule is NC1CCCCC1c1nc2ccc(F)cc2s1. The van der Waals surface area contributed by atoms with Crippen molar-refractivity contribution in [2.75, 3.05) is 0 Å². The van der Waals surface area contributed by atoms with Gasteiger partial charge in [-0.1, -0.05) is 12.8 Å². The van der Waals surface area contributed by atoms with E-state index < -0.39 is 0 Å². The van der Waals surface area contributed by atoms with Crippen molar-refractivity contribution in [1.29, 1.82) is 0 Å². The molecular weight excluding hydrogens is 235 g/mol. The summed E-state index contributed by atoms with van der Waals surface area (Å²) >= 11 is 1.59. The van der Waals surface area contributed by atoms with E-state index in [4.69, 9.17) is 5.73 Å². The number of nitrogens with two attached hydrogens (primary N) is 1. The zero-order chi connectivity index (χ0) is 11.8. The summed E-state index contributed by atoms with van der Waals surface area (Å²) in [5.41, 5.74) is 7.05. The van der Waals surface area contributed by atoms with Crippen LogP contribution in [0, 0.1) is 5.82 Å². The predicted octanol–water partition coefficient (Wildman–Crippen LogP) is 3.42. The molecule has 1 aromatic heterocycles. The van der Waals surface area contributed by atoms with Crippen LogP contribution in [0.4, 0.5) is 4.39 Å². The Balaban J connectivity index is 1.99. The summed E-state index contributed by atoms with van der Waals surface area (Å²) in [6.45, 7) is 0. The molecule has 0 radical (unpaired) electrons. The van der Waals surface area contributed by atoms with Gasteiger partial charge in [-0.15, -0.1) is 11.3 Å². The topological polar surface area (TPSA) is 38.9 Å². The molecule has 2 aromatic rings. The first-order chi connectivity index (χ1) is 8.24. The van der Waals surface area contributed by atoms with Crippen molar-refractivity contribution in [3.63, 3.8) is 0 Å². The Labute approximate surface area is 104 Å². The van der Waals surface area contributed by atoms with Crippen molar-refractivity contribution in [1.82, 2.24) is 4.98 Å². The second-order valence-corrected chi connectivity index (χ2v) is 5.78. The van der Waals surface area contributed by atoms with Gasteiger partial charge in [-0.05, 0) is 31.0 Å². The van der Waals surface area contributed by atoms with Crippen LogP contribution >= 0.6 is 11.3 Å². The number of aromatic nitrogens is 1. The third-order valence-electron chi connectivity index (χ3n) is 3.50. The van der Waals surface area contributed by atoms with Crippen molar-refractivity contribution in [2.24, 2.45) is 5.73 Å². The summed E-state index contributed by atoms with van der Waals surface area (Å²) in [6, 6.07) is 4.99. The van der Waals surface area contributed by atoms with Gasteiger partial charge >= 0.3 is 0 Å². The Bertz CT molecular complexity index is 537. The fourth-order valence-electron chi connectivity index (χ4n) is 2.54. The van der Waals surface area contributed by atoms with E-state index in [1.54, 1.807) is 23.5 Å². The van der Waals surface area contributed by atoms with E-state index in [1.807, 2.05) is 0 Å². The zero-order valence-electron chi connectivity index (χ0n) is 9.53. The summed E-state index contributed by atoms with van der Waals surface area (Å²) in [7, 11) is 0. The smallest absolute Gasteiger partial charge is 0.124 e. The molecule has 0 aliphatic heterocycles. The maximum absolute atomic E-state index is 13.1. The van der Waals surface area contributed by atoms with E-state index >= 15 is 0 Å². The highest BCUT2D eigenvalue weighted by Crippen LogP contribution is 2.36. The fraction of sp³-hybridized carbons (Fsp3) is 0.462. The molecule has 2 nitrogen and oxygen atoms in total. The van der Waals surface area contributed by atoms with Gasteiger partial charge in [0.2, 0.25) is 0 Å². The summed E-state index contributed by atoms with van der Waals surface area (Å²) in [4.78, 5) is 4.60. The number of halogens is 1. The molecular formula is C13H15FN2S. The number of hydrogen-bond donors (Lipinski definition) is 1. The molecule has 1 aromatic carbocycles. The number of thiazole rings is 1. The van der Waals surface area contributed by atoms with Crippen LogP contribution in [0.25, 0.3) is 10.2 Å². The van der Waals surface area contributed by atoms with Gasteiger partial charge in [0.05, 0.1) is 15.2 Å². The quantitative estimate of drug-likeness (QED) is 0.842. The number of hydrogen-bond acceptors (Lipinski definition) is 3. The molecule has 90 valence electrons. The number of fused-ring (bicyclic) bond motifs is 1. The summed E-state index contributed by atoms with van der Waals surface area (Å²) in [5, 5.41) is 1.08. The minimum absolute atomic E-state index is 0.194. The molecule has 2 unspecified atom stereocenters. The zero-order valence-corrected chi connectivity index (χ0v) is 10.3.